The van der Waals surface area contributed by atoms with Crippen LogP contribution in [0.2, 0.25) is 0 Å². The largest absolute Gasteiger partial charge is 0.494 e. The maximum atomic E-state index is 5.57. The van der Waals surface area contributed by atoms with E-state index in [4.69, 9.17) is 4.74 Å². The third-order valence-electron chi connectivity index (χ3n) is 5.40. The van der Waals surface area contributed by atoms with Crippen LogP contribution in [-0.4, -0.2) is 31.1 Å². The first-order valence-electron chi connectivity index (χ1n) is 9.98. The summed E-state index contributed by atoms with van der Waals surface area (Å²) in [6, 6.07) is 17.5. The highest BCUT2D eigenvalue weighted by atomic mass is 35.5. The van der Waals surface area contributed by atoms with E-state index in [-0.39, 0.29) is 12.4 Å². The monoisotopic (exact) mass is 385 g/mol. The van der Waals surface area contributed by atoms with E-state index in [1.54, 1.807) is 11.1 Å². The quantitative estimate of drug-likeness (QED) is 0.541. The van der Waals surface area contributed by atoms with E-state index >= 15 is 0 Å². The van der Waals surface area contributed by atoms with Gasteiger partial charge in [-0.15, -0.1) is 12.4 Å². The number of halogens is 1. The van der Waals surface area contributed by atoms with Crippen LogP contribution in [0.4, 0.5) is 0 Å². The number of hydrogen-bond acceptors (Lipinski definition) is 2. The van der Waals surface area contributed by atoms with Gasteiger partial charge in [-0.25, -0.2) is 0 Å². The summed E-state index contributed by atoms with van der Waals surface area (Å²) in [6.07, 6.45) is 3.27. The lowest BCUT2D eigenvalue weighted by molar-refractivity contribution is 0.311. The Morgan fingerprint density at radius 3 is 2.30 bits per heavy atom. The Labute approximate surface area is 170 Å². The van der Waals surface area contributed by atoms with Crippen molar-refractivity contribution < 1.29 is 4.74 Å². The molecule has 2 nitrogen and oxygen atoms in total. The topological polar surface area (TPSA) is 12.5 Å². The maximum Gasteiger partial charge on any atom is 0.119 e. The molecule has 0 bridgehead atoms. The molecule has 27 heavy (non-hydrogen) atoms. The van der Waals surface area contributed by atoms with Gasteiger partial charge in [-0.3, -0.25) is 0 Å². The summed E-state index contributed by atoms with van der Waals surface area (Å²) in [5.41, 5.74) is 7.49. The van der Waals surface area contributed by atoms with Crippen LogP contribution >= 0.6 is 12.4 Å². The summed E-state index contributed by atoms with van der Waals surface area (Å²) in [5, 5.41) is 0. The van der Waals surface area contributed by atoms with Crippen LogP contribution in [0.3, 0.4) is 0 Å². The highest BCUT2D eigenvalue weighted by molar-refractivity contribution is 5.85. The smallest absolute Gasteiger partial charge is 0.119 e. The number of hydrogen-bond donors (Lipinski definition) is 0. The Morgan fingerprint density at radius 1 is 0.926 bits per heavy atom. The minimum atomic E-state index is 0. The summed E-state index contributed by atoms with van der Waals surface area (Å²) >= 11 is 0. The Kier molecular flexibility index (Phi) is 8.40. The molecule has 0 aliphatic heterocycles. The van der Waals surface area contributed by atoms with Crippen LogP contribution in [0.25, 0.3) is 5.57 Å². The molecule has 0 aromatic heterocycles. The highest BCUT2D eigenvalue weighted by Gasteiger charge is 2.21. The van der Waals surface area contributed by atoms with Crippen LogP contribution in [0.5, 0.6) is 5.75 Å². The van der Waals surface area contributed by atoms with Crippen LogP contribution < -0.4 is 4.74 Å². The van der Waals surface area contributed by atoms with Gasteiger partial charge in [0.1, 0.15) is 5.75 Å². The number of rotatable bonds is 9. The second-order valence-electron chi connectivity index (χ2n) is 6.95. The molecule has 0 spiro atoms. The minimum Gasteiger partial charge on any atom is -0.494 e. The van der Waals surface area contributed by atoms with Crippen molar-refractivity contribution in [3.8, 4) is 5.75 Å². The number of allylic oxidation sites excluding steroid dienone is 1. The Bertz CT molecular complexity index is 747. The van der Waals surface area contributed by atoms with Gasteiger partial charge < -0.3 is 9.64 Å². The average Bonchev–Trinajstić information content (AvgIpc) is 3.02. The van der Waals surface area contributed by atoms with Crippen LogP contribution in [-0.2, 0) is 12.8 Å². The van der Waals surface area contributed by atoms with Gasteiger partial charge in [0.25, 0.3) is 0 Å². The SMILES string of the molecule is CCOc1ccc(CC2=C(CCN(CC)CC)c3ccccc3C2)cc1.Cl. The zero-order valence-corrected chi connectivity index (χ0v) is 17.6. The average molecular weight is 386 g/mol. The van der Waals surface area contributed by atoms with Crippen molar-refractivity contribution in [3.05, 3.63) is 70.8 Å². The third-order valence-corrected chi connectivity index (χ3v) is 5.40. The molecule has 146 valence electrons. The van der Waals surface area contributed by atoms with Gasteiger partial charge in [0, 0.05) is 6.54 Å². The molecule has 0 heterocycles. The van der Waals surface area contributed by atoms with E-state index in [1.807, 2.05) is 6.92 Å². The molecule has 0 atom stereocenters. The summed E-state index contributed by atoms with van der Waals surface area (Å²) in [7, 11) is 0. The zero-order chi connectivity index (χ0) is 18.4. The van der Waals surface area contributed by atoms with Crippen LogP contribution in [0.1, 0.15) is 43.9 Å². The van der Waals surface area contributed by atoms with Crippen molar-refractivity contribution in [2.24, 2.45) is 0 Å². The molecule has 0 radical (unpaired) electrons. The van der Waals surface area contributed by atoms with Crippen molar-refractivity contribution in [2.45, 2.75) is 40.0 Å². The Balaban J connectivity index is 0.00000261. The molecule has 2 aromatic carbocycles. The fraction of sp³-hybridized carbons (Fsp3) is 0.417. The molecule has 0 saturated heterocycles. The summed E-state index contributed by atoms with van der Waals surface area (Å²) in [6.45, 7) is 10.6. The van der Waals surface area contributed by atoms with Crippen molar-refractivity contribution in [1.29, 1.82) is 0 Å². The molecule has 1 aliphatic carbocycles. The van der Waals surface area contributed by atoms with E-state index in [1.165, 1.54) is 16.7 Å². The lowest BCUT2D eigenvalue weighted by Crippen LogP contribution is -2.24. The van der Waals surface area contributed by atoms with Gasteiger partial charge in [-0.1, -0.05) is 55.8 Å². The summed E-state index contributed by atoms with van der Waals surface area (Å²) in [4.78, 5) is 2.52. The molecular formula is C24H32ClNO. The first-order chi connectivity index (χ1) is 12.7. The summed E-state index contributed by atoms with van der Waals surface area (Å²) < 4.78 is 5.57. The van der Waals surface area contributed by atoms with Gasteiger partial charge in [-0.05, 0) is 73.7 Å². The number of fused-ring (bicyclic) bond motifs is 1. The standard InChI is InChI=1S/C24H31NO.ClH/c1-4-25(5-2)16-15-24-21(18-20-9-7-8-10-23(20)24)17-19-11-13-22(14-12-19)26-6-3;/h7-14H,4-6,15-18H2,1-3H3;1H. The highest BCUT2D eigenvalue weighted by Crippen LogP contribution is 2.36. The van der Waals surface area contributed by atoms with Crippen molar-refractivity contribution in [3.63, 3.8) is 0 Å². The molecule has 0 unspecified atom stereocenters. The molecule has 3 heteroatoms. The van der Waals surface area contributed by atoms with Gasteiger partial charge >= 0.3 is 0 Å². The van der Waals surface area contributed by atoms with Crippen molar-refractivity contribution in [1.82, 2.24) is 4.90 Å². The predicted octanol–water partition coefficient (Wildman–Crippen LogP) is 5.79. The van der Waals surface area contributed by atoms with Crippen molar-refractivity contribution in [2.75, 3.05) is 26.2 Å². The first-order valence-corrected chi connectivity index (χ1v) is 9.98. The first kappa shape index (κ1) is 21.5. The molecular weight excluding hydrogens is 354 g/mol. The molecule has 0 saturated carbocycles. The van der Waals surface area contributed by atoms with Gasteiger partial charge in [0.15, 0.2) is 0 Å². The van der Waals surface area contributed by atoms with E-state index in [0.717, 1.165) is 51.3 Å². The lowest BCUT2D eigenvalue weighted by atomic mass is 9.98. The molecule has 3 rings (SSSR count). The Hall–Kier alpha value is -1.77. The fourth-order valence-electron chi connectivity index (χ4n) is 3.90. The fourth-order valence-corrected chi connectivity index (χ4v) is 3.90. The maximum absolute atomic E-state index is 5.57. The van der Waals surface area contributed by atoms with Gasteiger partial charge in [0.05, 0.1) is 6.61 Å². The van der Waals surface area contributed by atoms with E-state index in [0.29, 0.717) is 0 Å². The minimum absolute atomic E-state index is 0. The van der Waals surface area contributed by atoms with Crippen molar-refractivity contribution >= 4 is 18.0 Å². The molecule has 0 N–H and O–H groups in total. The molecule has 0 amide bonds. The Morgan fingerprint density at radius 2 is 1.63 bits per heavy atom. The molecule has 0 fully saturated rings. The zero-order valence-electron chi connectivity index (χ0n) is 16.8. The molecule has 1 aliphatic rings. The normalized spacial score (nSPS) is 12.9. The van der Waals surface area contributed by atoms with Crippen LogP contribution in [0.15, 0.2) is 54.1 Å². The van der Waals surface area contributed by atoms with E-state index in [9.17, 15) is 0 Å². The second-order valence-corrected chi connectivity index (χ2v) is 6.95. The van der Waals surface area contributed by atoms with E-state index in [2.05, 4.69) is 67.3 Å². The number of ether oxygens (including phenoxy) is 1. The lowest BCUT2D eigenvalue weighted by Gasteiger charge is -2.19. The number of nitrogens with zero attached hydrogens (tertiary/aromatic N) is 1. The second kappa shape index (κ2) is 10.5. The van der Waals surface area contributed by atoms with Gasteiger partial charge in [-0.2, -0.15) is 0 Å². The molecule has 2 aromatic rings. The number of benzene rings is 2. The van der Waals surface area contributed by atoms with Crippen LogP contribution in [0, 0.1) is 0 Å². The summed E-state index contributed by atoms with van der Waals surface area (Å²) in [5.74, 6) is 0.960. The van der Waals surface area contributed by atoms with E-state index < -0.39 is 0 Å². The third kappa shape index (κ3) is 5.37. The predicted molar refractivity (Wildman–Crippen MR) is 118 cm³/mol. The van der Waals surface area contributed by atoms with Gasteiger partial charge in [0.2, 0.25) is 0 Å².